The van der Waals surface area contributed by atoms with E-state index < -0.39 is 0 Å². The van der Waals surface area contributed by atoms with Crippen molar-refractivity contribution in [1.82, 2.24) is 4.90 Å². The van der Waals surface area contributed by atoms with Crippen molar-refractivity contribution in [2.75, 3.05) is 13.2 Å². The Morgan fingerprint density at radius 3 is 3.10 bits per heavy atom. The van der Waals surface area contributed by atoms with Crippen LogP contribution in [-0.2, 0) is 0 Å². The molecular formula is C16H19NO3. The molecule has 1 N–H and O–H groups in total. The van der Waals surface area contributed by atoms with Gasteiger partial charge in [-0.1, -0.05) is 18.2 Å². The van der Waals surface area contributed by atoms with E-state index in [1.54, 1.807) is 6.26 Å². The van der Waals surface area contributed by atoms with Gasteiger partial charge in [0, 0.05) is 24.6 Å². The minimum absolute atomic E-state index is 0.0513. The summed E-state index contributed by atoms with van der Waals surface area (Å²) in [5.74, 6) is 0.0513. The van der Waals surface area contributed by atoms with Gasteiger partial charge < -0.3 is 14.4 Å². The Balaban J connectivity index is 1.84. The number of carbonyl (C=O) groups excluding carboxylic acids is 1. The third-order valence-electron chi connectivity index (χ3n) is 4.04. The van der Waals surface area contributed by atoms with Crippen LogP contribution in [0.2, 0.25) is 0 Å². The number of benzene rings is 1. The van der Waals surface area contributed by atoms with Crippen molar-refractivity contribution in [3.8, 4) is 0 Å². The Hall–Kier alpha value is -1.81. The van der Waals surface area contributed by atoms with Crippen molar-refractivity contribution in [2.24, 2.45) is 0 Å². The zero-order valence-electron chi connectivity index (χ0n) is 11.4. The molecule has 1 saturated heterocycles. The lowest BCUT2D eigenvalue weighted by Crippen LogP contribution is -2.35. The summed E-state index contributed by atoms with van der Waals surface area (Å²) in [6.07, 6.45) is 5.26. The van der Waals surface area contributed by atoms with E-state index in [9.17, 15) is 4.79 Å². The number of aliphatic hydroxyl groups excluding tert-OH is 1. The summed E-state index contributed by atoms with van der Waals surface area (Å²) >= 11 is 0. The Morgan fingerprint density at radius 1 is 1.40 bits per heavy atom. The van der Waals surface area contributed by atoms with Crippen molar-refractivity contribution < 1.29 is 14.3 Å². The van der Waals surface area contributed by atoms with E-state index in [1.807, 2.05) is 29.2 Å². The van der Waals surface area contributed by atoms with Gasteiger partial charge in [0.2, 0.25) is 0 Å². The van der Waals surface area contributed by atoms with Gasteiger partial charge in [0.1, 0.15) is 11.8 Å². The molecule has 1 atom stereocenters. The molecule has 1 aliphatic rings. The average molecular weight is 273 g/mol. The number of para-hydroxylation sites is 1. The standard InChI is InChI=1S/C16H19NO3/c18-10-4-6-12-5-3-9-17(12)16(19)14-11-20-15-8-2-1-7-13(14)15/h1-2,7-8,11-12,18H,3-6,9-10H2. The van der Waals surface area contributed by atoms with Crippen molar-refractivity contribution in [2.45, 2.75) is 31.7 Å². The van der Waals surface area contributed by atoms with E-state index in [4.69, 9.17) is 9.52 Å². The number of fused-ring (bicyclic) bond motifs is 1. The average Bonchev–Trinajstić information content (AvgIpc) is 3.11. The number of amides is 1. The highest BCUT2D eigenvalue weighted by molar-refractivity contribution is 6.06. The maximum absolute atomic E-state index is 12.7. The van der Waals surface area contributed by atoms with Gasteiger partial charge >= 0.3 is 0 Å². The first-order valence-corrected chi connectivity index (χ1v) is 7.19. The third-order valence-corrected chi connectivity index (χ3v) is 4.04. The molecule has 0 spiro atoms. The third kappa shape index (κ3) is 2.31. The number of nitrogens with zero attached hydrogens (tertiary/aromatic N) is 1. The van der Waals surface area contributed by atoms with Crippen LogP contribution in [0.25, 0.3) is 11.0 Å². The highest BCUT2D eigenvalue weighted by Crippen LogP contribution is 2.27. The summed E-state index contributed by atoms with van der Waals surface area (Å²) in [4.78, 5) is 14.6. The first-order valence-electron chi connectivity index (χ1n) is 7.19. The fraction of sp³-hybridized carbons (Fsp3) is 0.438. The molecule has 1 aromatic heterocycles. The summed E-state index contributed by atoms with van der Waals surface area (Å²) in [6.45, 7) is 0.988. The molecule has 1 fully saturated rings. The van der Waals surface area contributed by atoms with Crippen molar-refractivity contribution in [3.05, 3.63) is 36.1 Å². The molecule has 106 valence electrons. The van der Waals surface area contributed by atoms with Gasteiger partial charge in [-0.05, 0) is 31.7 Å². The molecule has 1 aromatic carbocycles. The van der Waals surface area contributed by atoms with Gasteiger partial charge in [-0.2, -0.15) is 0 Å². The normalized spacial score (nSPS) is 18.9. The Labute approximate surface area is 118 Å². The second-order valence-electron chi connectivity index (χ2n) is 5.31. The molecule has 1 unspecified atom stereocenters. The molecule has 3 rings (SSSR count). The fourth-order valence-corrected chi connectivity index (χ4v) is 3.03. The maximum Gasteiger partial charge on any atom is 0.257 e. The zero-order valence-corrected chi connectivity index (χ0v) is 11.4. The predicted molar refractivity (Wildman–Crippen MR) is 76.6 cm³/mol. The van der Waals surface area contributed by atoms with Crippen LogP contribution in [0.15, 0.2) is 34.9 Å². The van der Waals surface area contributed by atoms with E-state index in [0.717, 1.165) is 43.2 Å². The molecule has 0 radical (unpaired) electrons. The highest BCUT2D eigenvalue weighted by Gasteiger charge is 2.30. The number of likely N-dealkylation sites (tertiary alicyclic amines) is 1. The first-order chi connectivity index (χ1) is 9.81. The lowest BCUT2D eigenvalue weighted by Gasteiger charge is -2.24. The number of furan rings is 1. The van der Waals surface area contributed by atoms with Crippen LogP contribution in [0.4, 0.5) is 0 Å². The molecule has 0 saturated carbocycles. The van der Waals surface area contributed by atoms with E-state index >= 15 is 0 Å². The van der Waals surface area contributed by atoms with Crippen LogP contribution in [-0.4, -0.2) is 35.1 Å². The van der Waals surface area contributed by atoms with Crippen LogP contribution in [0.5, 0.6) is 0 Å². The lowest BCUT2D eigenvalue weighted by molar-refractivity contribution is 0.0725. The van der Waals surface area contributed by atoms with Gasteiger partial charge in [-0.3, -0.25) is 4.79 Å². The van der Waals surface area contributed by atoms with Gasteiger partial charge in [0.15, 0.2) is 0 Å². The first kappa shape index (κ1) is 13.2. The second kappa shape index (κ2) is 5.67. The predicted octanol–water partition coefficient (Wildman–Crippen LogP) is 2.81. The van der Waals surface area contributed by atoms with Gasteiger partial charge in [-0.25, -0.2) is 0 Å². The number of hydrogen-bond acceptors (Lipinski definition) is 3. The molecule has 4 nitrogen and oxygen atoms in total. The summed E-state index contributed by atoms with van der Waals surface area (Å²) < 4.78 is 5.46. The van der Waals surface area contributed by atoms with Crippen molar-refractivity contribution in [1.29, 1.82) is 0 Å². The van der Waals surface area contributed by atoms with Gasteiger partial charge in [-0.15, -0.1) is 0 Å². The smallest absolute Gasteiger partial charge is 0.257 e. The molecule has 1 amide bonds. The summed E-state index contributed by atoms with van der Waals surface area (Å²) in [5.41, 5.74) is 1.40. The minimum Gasteiger partial charge on any atom is -0.463 e. The number of hydrogen-bond donors (Lipinski definition) is 1. The van der Waals surface area contributed by atoms with Crippen LogP contribution in [0, 0.1) is 0 Å². The van der Waals surface area contributed by atoms with Crippen LogP contribution in [0.1, 0.15) is 36.0 Å². The van der Waals surface area contributed by atoms with E-state index in [-0.39, 0.29) is 18.6 Å². The molecule has 2 aromatic rings. The summed E-state index contributed by atoms with van der Waals surface area (Å²) in [7, 11) is 0. The van der Waals surface area contributed by atoms with Crippen molar-refractivity contribution in [3.63, 3.8) is 0 Å². The summed E-state index contributed by atoms with van der Waals surface area (Å²) in [5, 5.41) is 9.84. The molecule has 0 bridgehead atoms. The van der Waals surface area contributed by atoms with Crippen LogP contribution in [0.3, 0.4) is 0 Å². The molecule has 20 heavy (non-hydrogen) atoms. The molecule has 4 heteroatoms. The quantitative estimate of drug-likeness (QED) is 0.932. The lowest BCUT2D eigenvalue weighted by atomic mass is 10.1. The van der Waals surface area contributed by atoms with Crippen LogP contribution < -0.4 is 0 Å². The summed E-state index contributed by atoms with van der Waals surface area (Å²) in [6, 6.07) is 7.87. The topological polar surface area (TPSA) is 53.7 Å². The SMILES string of the molecule is O=C(c1coc2ccccc12)N1CCCC1CCCO. The van der Waals surface area contributed by atoms with Gasteiger partial charge in [0.25, 0.3) is 5.91 Å². The Bertz CT molecular complexity index is 605. The molecular weight excluding hydrogens is 254 g/mol. The van der Waals surface area contributed by atoms with Crippen molar-refractivity contribution >= 4 is 16.9 Å². The van der Waals surface area contributed by atoms with Gasteiger partial charge in [0.05, 0.1) is 5.56 Å². The van der Waals surface area contributed by atoms with Crippen LogP contribution >= 0.6 is 0 Å². The second-order valence-corrected chi connectivity index (χ2v) is 5.31. The number of rotatable bonds is 4. The minimum atomic E-state index is 0.0513. The molecule has 1 aliphatic heterocycles. The number of carbonyl (C=O) groups is 1. The van der Waals surface area contributed by atoms with E-state index in [0.29, 0.717) is 5.56 Å². The highest BCUT2D eigenvalue weighted by atomic mass is 16.3. The Morgan fingerprint density at radius 2 is 2.25 bits per heavy atom. The molecule has 0 aliphatic carbocycles. The number of aliphatic hydroxyl groups is 1. The van der Waals surface area contributed by atoms with E-state index in [1.165, 1.54) is 0 Å². The maximum atomic E-state index is 12.7. The zero-order chi connectivity index (χ0) is 13.9. The Kier molecular flexibility index (Phi) is 3.74. The largest absolute Gasteiger partial charge is 0.463 e. The monoisotopic (exact) mass is 273 g/mol. The fourth-order valence-electron chi connectivity index (χ4n) is 3.03. The van der Waals surface area contributed by atoms with E-state index in [2.05, 4.69) is 0 Å². The molecule has 2 heterocycles.